The van der Waals surface area contributed by atoms with Crippen LogP contribution in [-0.4, -0.2) is 36.5 Å². The zero-order chi connectivity index (χ0) is 28.1. The van der Waals surface area contributed by atoms with Gasteiger partial charge in [0.15, 0.2) is 5.76 Å². The Balaban J connectivity index is 1.49. The van der Waals surface area contributed by atoms with E-state index in [9.17, 15) is 4.79 Å². The zero-order valence-electron chi connectivity index (χ0n) is 24.7. The molecule has 39 heavy (non-hydrogen) atoms. The Kier molecular flexibility index (Phi) is 12.1. The molecule has 0 fully saturated rings. The second-order valence-corrected chi connectivity index (χ2v) is 11.2. The van der Waals surface area contributed by atoms with E-state index in [2.05, 4.69) is 81.2 Å². The summed E-state index contributed by atoms with van der Waals surface area (Å²) in [5.41, 5.74) is 2.40. The first kappa shape index (κ1) is 30.5. The van der Waals surface area contributed by atoms with Gasteiger partial charge in [-0.2, -0.15) is 0 Å². The Morgan fingerprint density at radius 3 is 2.10 bits per heavy atom. The van der Waals surface area contributed by atoms with Crippen molar-refractivity contribution in [1.82, 2.24) is 10.2 Å². The number of carbonyl (C=O) groups is 1. The van der Waals surface area contributed by atoms with E-state index in [1.54, 1.807) is 6.07 Å². The Morgan fingerprint density at radius 2 is 1.49 bits per heavy atom. The standard InChI is InChI=1S/C34H48N2O3/c1-6-8-13-23-36(24-14-9-7-2)25-27(3)35-33(37)32-22-21-31(39-32)26-38-30-19-17-29(18-20-30)34(4,5)28-15-11-10-12-16-28/h10-12,15-22,27H,6-9,13-14,23-26H2,1-5H3,(H,35,37). The molecule has 3 rings (SSSR count). The number of unbranched alkanes of at least 4 members (excludes halogenated alkanes) is 4. The van der Waals surface area contributed by atoms with Crippen molar-refractivity contribution in [3.63, 3.8) is 0 Å². The van der Waals surface area contributed by atoms with Crippen LogP contribution < -0.4 is 10.1 Å². The van der Waals surface area contributed by atoms with Gasteiger partial charge in [0.2, 0.25) is 0 Å². The molecular weight excluding hydrogens is 484 g/mol. The summed E-state index contributed by atoms with van der Waals surface area (Å²) in [6.45, 7) is 14.3. The van der Waals surface area contributed by atoms with E-state index in [1.165, 1.54) is 49.7 Å². The monoisotopic (exact) mass is 532 g/mol. The fourth-order valence-electron chi connectivity index (χ4n) is 4.91. The van der Waals surface area contributed by atoms with Gasteiger partial charge in [-0.1, -0.05) is 95.8 Å². The highest BCUT2D eigenvalue weighted by atomic mass is 16.5. The van der Waals surface area contributed by atoms with Crippen molar-refractivity contribution >= 4 is 5.91 Å². The van der Waals surface area contributed by atoms with Crippen LogP contribution in [0.2, 0.25) is 0 Å². The van der Waals surface area contributed by atoms with E-state index in [0.29, 0.717) is 11.5 Å². The van der Waals surface area contributed by atoms with Crippen molar-refractivity contribution in [1.29, 1.82) is 0 Å². The van der Waals surface area contributed by atoms with E-state index in [1.807, 2.05) is 24.3 Å². The summed E-state index contributed by atoms with van der Waals surface area (Å²) in [6.07, 6.45) is 7.35. The molecule has 1 aromatic heterocycles. The van der Waals surface area contributed by atoms with Gasteiger partial charge in [0.1, 0.15) is 18.1 Å². The summed E-state index contributed by atoms with van der Waals surface area (Å²) in [5, 5.41) is 3.11. The van der Waals surface area contributed by atoms with Crippen molar-refractivity contribution in [2.24, 2.45) is 0 Å². The molecule has 1 heterocycles. The minimum atomic E-state index is -0.177. The second-order valence-electron chi connectivity index (χ2n) is 11.2. The summed E-state index contributed by atoms with van der Waals surface area (Å²) in [6, 6.07) is 22.3. The van der Waals surface area contributed by atoms with Crippen molar-refractivity contribution < 1.29 is 13.9 Å². The van der Waals surface area contributed by atoms with Crippen LogP contribution in [0.5, 0.6) is 5.75 Å². The maximum absolute atomic E-state index is 12.8. The van der Waals surface area contributed by atoms with Gasteiger partial charge < -0.3 is 19.4 Å². The number of ether oxygens (including phenoxy) is 1. The lowest BCUT2D eigenvalue weighted by molar-refractivity contribution is 0.0896. The SMILES string of the molecule is CCCCCN(CCCCC)CC(C)NC(=O)c1ccc(COc2ccc(C(C)(C)c3ccccc3)cc2)o1. The highest BCUT2D eigenvalue weighted by Gasteiger charge is 2.23. The number of furan rings is 1. The van der Waals surface area contributed by atoms with E-state index in [0.717, 1.165) is 25.4 Å². The maximum Gasteiger partial charge on any atom is 0.287 e. The maximum atomic E-state index is 12.8. The molecule has 3 aromatic rings. The number of nitrogens with zero attached hydrogens (tertiary/aromatic N) is 1. The molecule has 0 spiro atoms. The molecular formula is C34H48N2O3. The van der Waals surface area contributed by atoms with Gasteiger partial charge >= 0.3 is 0 Å². The molecule has 0 aliphatic carbocycles. The minimum absolute atomic E-state index is 0.0456. The number of amides is 1. The third-order valence-electron chi connectivity index (χ3n) is 7.40. The molecule has 212 valence electrons. The number of hydrogen-bond donors (Lipinski definition) is 1. The molecule has 1 atom stereocenters. The van der Waals surface area contributed by atoms with E-state index in [-0.39, 0.29) is 24.0 Å². The van der Waals surface area contributed by atoms with Crippen LogP contribution >= 0.6 is 0 Å². The Hall–Kier alpha value is -3.05. The Labute approximate surface area is 235 Å². The highest BCUT2D eigenvalue weighted by Crippen LogP contribution is 2.32. The molecule has 0 aliphatic heterocycles. The van der Waals surface area contributed by atoms with Gasteiger partial charge in [0.05, 0.1) is 0 Å². The van der Waals surface area contributed by atoms with E-state index in [4.69, 9.17) is 9.15 Å². The Bertz CT molecular complexity index is 1090. The molecule has 1 unspecified atom stereocenters. The zero-order valence-corrected chi connectivity index (χ0v) is 24.7. The van der Waals surface area contributed by atoms with Crippen LogP contribution in [0.3, 0.4) is 0 Å². The minimum Gasteiger partial charge on any atom is -0.486 e. The summed E-state index contributed by atoms with van der Waals surface area (Å²) >= 11 is 0. The van der Waals surface area contributed by atoms with Gasteiger partial charge in [-0.15, -0.1) is 0 Å². The molecule has 0 saturated heterocycles. The summed E-state index contributed by atoms with van der Waals surface area (Å²) < 4.78 is 11.8. The van der Waals surface area contributed by atoms with Crippen molar-refractivity contribution in [2.45, 2.75) is 91.2 Å². The lowest BCUT2D eigenvalue weighted by atomic mass is 9.78. The van der Waals surface area contributed by atoms with Crippen LogP contribution in [0.15, 0.2) is 71.1 Å². The predicted molar refractivity (Wildman–Crippen MR) is 160 cm³/mol. The van der Waals surface area contributed by atoms with Crippen LogP contribution in [-0.2, 0) is 12.0 Å². The second kappa shape index (κ2) is 15.5. The quantitative estimate of drug-likeness (QED) is 0.179. The number of carbonyl (C=O) groups excluding carboxylic acids is 1. The molecule has 0 saturated carbocycles. The van der Waals surface area contributed by atoms with Crippen molar-refractivity contribution in [2.75, 3.05) is 19.6 Å². The van der Waals surface area contributed by atoms with Gasteiger partial charge in [-0.25, -0.2) is 0 Å². The highest BCUT2D eigenvalue weighted by molar-refractivity contribution is 5.91. The molecule has 0 radical (unpaired) electrons. The van der Waals surface area contributed by atoms with Crippen LogP contribution in [0, 0.1) is 0 Å². The first-order chi connectivity index (χ1) is 18.8. The predicted octanol–water partition coefficient (Wildman–Crippen LogP) is 7.99. The van der Waals surface area contributed by atoms with Crippen molar-refractivity contribution in [3.8, 4) is 5.75 Å². The first-order valence-corrected chi connectivity index (χ1v) is 14.7. The largest absolute Gasteiger partial charge is 0.486 e. The molecule has 5 heteroatoms. The number of rotatable bonds is 17. The lowest BCUT2D eigenvalue weighted by Gasteiger charge is -2.26. The van der Waals surface area contributed by atoms with Gasteiger partial charge in [-0.3, -0.25) is 4.79 Å². The van der Waals surface area contributed by atoms with Crippen molar-refractivity contribution in [3.05, 3.63) is 89.4 Å². The average molecular weight is 533 g/mol. The number of hydrogen-bond acceptors (Lipinski definition) is 4. The van der Waals surface area contributed by atoms with Gasteiger partial charge in [-0.05, 0) is 68.2 Å². The number of nitrogens with one attached hydrogen (secondary N) is 1. The summed E-state index contributed by atoms with van der Waals surface area (Å²) in [5.74, 6) is 1.54. The molecule has 5 nitrogen and oxygen atoms in total. The first-order valence-electron chi connectivity index (χ1n) is 14.7. The average Bonchev–Trinajstić information content (AvgIpc) is 3.42. The topological polar surface area (TPSA) is 54.7 Å². The van der Waals surface area contributed by atoms with E-state index < -0.39 is 0 Å². The van der Waals surface area contributed by atoms with Crippen LogP contribution in [0.4, 0.5) is 0 Å². The summed E-state index contributed by atoms with van der Waals surface area (Å²) in [4.78, 5) is 15.3. The molecule has 0 bridgehead atoms. The van der Waals surface area contributed by atoms with Gasteiger partial charge in [0, 0.05) is 18.0 Å². The summed E-state index contributed by atoms with van der Waals surface area (Å²) in [7, 11) is 0. The third kappa shape index (κ3) is 9.58. The van der Waals surface area contributed by atoms with E-state index >= 15 is 0 Å². The molecule has 1 N–H and O–H groups in total. The number of benzene rings is 2. The Morgan fingerprint density at radius 1 is 0.872 bits per heavy atom. The van der Waals surface area contributed by atoms with Gasteiger partial charge in [0.25, 0.3) is 5.91 Å². The molecule has 0 aliphatic rings. The molecule has 1 amide bonds. The fourth-order valence-corrected chi connectivity index (χ4v) is 4.91. The molecule has 2 aromatic carbocycles. The van der Waals surface area contributed by atoms with Crippen LogP contribution in [0.1, 0.15) is 101 Å². The fraction of sp³-hybridized carbons (Fsp3) is 0.500. The lowest BCUT2D eigenvalue weighted by Crippen LogP contribution is -2.42. The normalized spacial score (nSPS) is 12.5. The van der Waals surface area contributed by atoms with Crippen LogP contribution in [0.25, 0.3) is 0 Å². The third-order valence-corrected chi connectivity index (χ3v) is 7.40. The smallest absolute Gasteiger partial charge is 0.287 e.